The van der Waals surface area contributed by atoms with Gasteiger partial charge in [0.2, 0.25) is 0 Å². The van der Waals surface area contributed by atoms with Crippen molar-refractivity contribution in [1.29, 1.82) is 0 Å². The molecule has 2 rings (SSSR count). The number of benzene rings is 1. The fourth-order valence-corrected chi connectivity index (χ4v) is 2.95. The molecule has 1 heterocycles. The van der Waals surface area contributed by atoms with Gasteiger partial charge >= 0.3 is 5.97 Å². The topological polar surface area (TPSA) is 38.3 Å². The molecule has 0 spiro atoms. The molecule has 0 fully saturated rings. The lowest BCUT2D eigenvalue weighted by atomic mass is 10.1. The maximum Gasteiger partial charge on any atom is 0.310 e. The van der Waals surface area contributed by atoms with Crippen LogP contribution in [0.1, 0.15) is 20.9 Å². The first-order valence-corrected chi connectivity index (χ1v) is 7.39. The molecule has 0 saturated carbocycles. The van der Waals surface area contributed by atoms with Crippen molar-refractivity contribution in [3.8, 4) is 0 Å². The molecule has 0 aliphatic heterocycles. The van der Waals surface area contributed by atoms with Crippen LogP contribution in [0.5, 0.6) is 0 Å². The standard InChI is InChI=1S/C16H19NO2S/c1-12-4-3-5-13(8-12)10-17-11-15-7-6-14(20-15)9-16(18)19-2/h3-8,17H,9-11H2,1-2H3. The number of hydrogen-bond acceptors (Lipinski definition) is 4. The van der Waals surface area contributed by atoms with Crippen molar-refractivity contribution in [3.63, 3.8) is 0 Å². The summed E-state index contributed by atoms with van der Waals surface area (Å²) < 4.78 is 4.67. The van der Waals surface area contributed by atoms with E-state index in [-0.39, 0.29) is 5.97 Å². The minimum Gasteiger partial charge on any atom is -0.469 e. The highest BCUT2D eigenvalue weighted by molar-refractivity contribution is 7.12. The molecule has 0 bridgehead atoms. The van der Waals surface area contributed by atoms with Crippen molar-refractivity contribution < 1.29 is 9.53 Å². The molecular formula is C16H19NO2S. The molecule has 20 heavy (non-hydrogen) atoms. The molecule has 1 aromatic heterocycles. The first kappa shape index (κ1) is 14.8. The van der Waals surface area contributed by atoms with Crippen LogP contribution in [0.4, 0.5) is 0 Å². The lowest BCUT2D eigenvalue weighted by Gasteiger charge is -2.04. The monoisotopic (exact) mass is 289 g/mol. The van der Waals surface area contributed by atoms with Gasteiger partial charge in [-0.05, 0) is 24.6 Å². The SMILES string of the molecule is COC(=O)Cc1ccc(CNCc2cccc(C)c2)s1. The van der Waals surface area contributed by atoms with Gasteiger partial charge in [-0.1, -0.05) is 29.8 Å². The minimum absolute atomic E-state index is 0.189. The summed E-state index contributed by atoms with van der Waals surface area (Å²) in [5.74, 6) is -0.189. The zero-order valence-electron chi connectivity index (χ0n) is 11.8. The second kappa shape index (κ2) is 7.22. The number of thiophene rings is 1. The van der Waals surface area contributed by atoms with Crippen LogP contribution in [0.3, 0.4) is 0 Å². The average Bonchev–Trinajstić information content (AvgIpc) is 2.86. The Balaban J connectivity index is 1.81. The number of rotatable bonds is 6. The molecule has 1 aromatic carbocycles. The molecule has 0 amide bonds. The molecule has 4 heteroatoms. The molecule has 0 aliphatic rings. The molecule has 1 N–H and O–H groups in total. The van der Waals surface area contributed by atoms with Crippen LogP contribution in [-0.4, -0.2) is 13.1 Å². The molecule has 0 radical (unpaired) electrons. The summed E-state index contributed by atoms with van der Waals surface area (Å²) in [4.78, 5) is 13.5. The van der Waals surface area contributed by atoms with E-state index in [4.69, 9.17) is 0 Å². The fraction of sp³-hybridized carbons (Fsp3) is 0.312. The Morgan fingerprint density at radius 3 is 2.75 bits per heavy atom. The molecule has 0 unspecified atom stereocenters. The number of carbonyl (C=O) groups is 1. The predicted octanol–water partition coefficient (Wildman–Crippen LogP) is 3.06. The lowest BCUT2D eigenvalue weighted by molar-refractivity contribution is -0.139. The lowest BCUT2D eigenvalue weighted by Crippen LogP contribution is -2.11. The van der Waals surface area contributed by atoms with Gasteiger partial charge in [0.1, 0.15) is 0 Å². The van der Waals surface area contributed by atoms with Gasteiger partial charge in [0.05, 0.1) is 13.5 Å². The fourth-order valence-electron chi connectivity index (χ4n) is 1.98. The highest BCUT2D eigenvalue weighted by atomic mass is 32.1. The summed E-state index contributed by atoms with van der Waals surface area (Å²) in [5.41, 5.74) is 2.57. The summed E-state index contributed by atoms with van der Waals surface area (Å²) in [5, 5.41) is 3.42. The number of carbonyl (C=O) groups excluding carboxylic acids is 1. The van der Waals surface area contributed by atoms with Crippen molar-refractivity contribution in [2.75, 3.05) is 7.11 Å². The summed E-state index contributed by atoms with van der Waals surface area (Å²) in [6.07, 6.45) is 0.360. The molecular weight excluding hydrogens is 270 g/mol. The van der Waals surface area contributed by atoms with Gasteiger partial charge in [0, 0.05) is 22.8 Å². The maximum atomic E-state index is 11.2. The number of nitrogens with one attached hydrogen (secondary N) is 1. The van der Waals surface area contributed by atoms with Crippen LogP contribution in [0, 0.1) is 6.92 Å². The second-order valence-electron chi connectivity index (χ2n) is 4.71. The zero-order valence-corrected chi connectivity index (χ0v) is 12.6. The van der Waals surface area contributed by atoms with Gasteiger partial charge in [0.15, 0.2) is 0 Å². The first-order chi connectivity index (χ1) is 9.67. The molecule has 2 aromatic rings. The Bertz CT molecular complexity index is 577. The largest absolute Gasteiger partial charge is 0.469 e. The minimum atomic E-state index is -0.189. The Labute approximate surface area is 123 Å². The third-order valence-electron chi connectivity index (χ3n) is 2.97. The van der Waals surface area contributed by atoms with Gasteiger partial charge < -0.3 is 10.1 Å². The van der Waals surface area contributed by atoms with Crippen LogP contribution in [0.15, 0.2) is 36.4 Å². The van der Waals surface area contributed by atoms with Crippen LogP contribution in [0.25, 0.3) is 0 Å². The van der Waals surface area contributed by atoms with E-state index in [1.807, 2.05) is 6.07 Å². The first-order valence-electron chi connectivity index (χ1n) is 6.58. The predicted molar refractivity (Wildman–Crippen MR) is 81.8 cm³/mol. The zero-order chi connectivity index (χ0) is 14.4. The van der Waals surface area contributed by atoms with Gasteiger partial charge in [-0.2, -0.15) is 0 Å². The van der Waals surface area contributed by atoms with E-state index in [0.717, 1.165) is 18.0 Å². The van der Waals surface area contributed by atoms with Gasteiger partial charge in [0.25, 0.3) is 0 Å². The van der Waals surface area contributed by atoms with E-state index >= 15 is 0 Å². The van der Waals surface area contributed by atoms with Crippen molar-refractivity contribution in [2.45, 2.75) is 26.4 Å². The number of methoxy groups -OCH3 is 1. The Kier molecular flexibility index (Phi) is 5.32. The van der Waals surface area contributed by atoms with E-state index in [2.05, 4.69) is 47.3 Å². The molecule has 0 atom stereocenters. The van der Waals surface area contributed by atoms with E-state index in [1.165, 1.54) is 23.1 Å². The number of ether oxygens (including phenoxy) is 1. The molecule has 106 valence electrons. The highest BCUT2D eigenvalue weighted by Crippen LogP contribution is 2.17. The van der Waals surface area contributed by atoms with Gasteiger partial charge in [-0.25, -0.2) is 0 Å². The van der Waals surface area contributed by atoms with E-state index < -0.39 is 0 Å². The molecule has 0 saturated heterocycles. The quantitative estimate of drug-likeness (QED) is 0.831. The molecule has 0 aliphatic carbocycles. The van der Waals surface area contributed by atoms with Crippen molar-refractivity contribution in [3.05, 3.63) is 57.3 Å². The summed E-state index contributed by atoms with van der Waals surface area (Å²) in [7, 11) is 1.42. The van der Waals surface area contributed by atoms with E-state index in [9.17, 15) is 4.79 Å². The van der Waals surface area contributed by atoms with E-state index in [1.54, 1.807) is 11.3 Å². The van der Waals surface area contributed by atoms with Gasteiger partial charge in [-0.3, -0.25) is 4.79 Å². The van der Waals surface area contributed by atoms with Crippen LogP contribution >= 0.6 is 11.3 Å². The summed E-state index contributed by atoms with van der Waals surface area (Å²) in [6.45, 7) is 3.77. The number of esters is 1. The van der Waals surface area contributed by atoms with Gasteiger partial charge in [-0.15, -0.1) is 11.3 Å². The van der Waals surface area contributed by atoms with Crippen molar-refractivity contribution in [1.82, 2.24) is 5.32 Å². The highest BCUT2D eigenvalue weighted by Gasteiger charge is 2.06. The Morgan fingerprint density at radius 1 is 1.20 bits per heavy atom. The second-order valence-corrected chi connectivity index (χ2v) is 5.97. The average molecular weight is 289 g/mol. The Morgan fingerprint density at radius 2 is 2.00 bits per heavy atom. The maximum absolute atomic E-state index is 11.2. The smallest absolute Gasteiger partial charge is 0.310 e. The summed E-state index contributed by atoms with van der Waals surface area (Å²) in [6, 6.07) is 12.5. The van der Waals surface area contributed by atoms with Crippen molar-refractivity contribution in [2.24, 2.45) is 0 Å². The van der Waals surface area contributed by atoms with E-state index in [0.29, 0.717) is 6.42 Å². The van der Waals surface area contributed by atoms with Crippen LogP contribution < -0.4 is 5.32 Å². The van der Waals surface area contributed by atoms with Crippen LogP contribution in [-0.2, 0) is 29.0 Å². The number of aryl methyl sites for hydroxylation is 1. The van der Waals surface area contributed by atoms with Crippen molar-refractivity contribution >= 4 is 17.3 Å². The Hall–Kier alpha value is -1.65. The summed E-state index contributed by atoms with van der Waals surface area (Å²) >= 11 is 1.65. The normalized spacial score (nSPS) is 10.5. The third kappa shape index (κ3) is 4.47. The third-order valence-corrected chi connectivity index (χ3v) is 4.06. The van der Waals surface area contributed by atoms with Crippen LogP contribution in [0.2, 0.25) is 0 Å². The number of hydrogen-bond donors (Lipinski definition) is 1. The molecule has 3 nitrogen and oxygen atoms in total.